The Morgan fingerprint density at radius 2 is 2.04 bits per heavy atom. The third-order valence-electron chi connectivity index (χ3n) is 4.78. The zero-order valence-corrected chi connectivity index (χ0v) is 14.9. The van der Waals surface area contributed by atoms with Crippen molar-refractivity contribution < 1.29 is 14.3 Å². The highest BCUT2D eigenvalue weighted by atomic mass is 35.5. The van der Waals surface area contributed by atoms with E-state index in [0.29, 0.717) is 25.8 Å². The summed E-state index contributed by atoms with van der Waals surface area (Å²) in [6.07, 6.45) is 6.14. The lowest BCUT2D eigenvalue weighted by Crippen LogP contribution is -2.54. The maximum Gasteiger partial charge on any atom is 0.252 e. The molecule has 0 saturated carbocycles. The van der Waals surface area contributed by atoms with Crippen LogP contribution in [0.5, 0.6) is 0 Å². The maximum atomic E-state index is 12.4. The van der Waals surface area contributed by atoms with Crippen LogP contribution in [0.3, 0.4) is 0 Å². The smallest absolute Gasteiger partial charge is 0.252 e. The van der Waals surface area contributed by atoms with E-state index in [-0.39, 0.29) is 24.2 Å². The molecular weight excluding hydrogens is 318 g/mol. The van der Waals surface area contributed by atoms with Crippen molar-refractivity contribution in [3.63, 3.8) is 0 Å². The van der Waals surface area contributed by atoms with E-state index in [9.17, 15) is 9.59 Å². The molecule has 134 valence electrons. The topological polar surface area (TPSA) is 70.7 Å². The molecule has 2 rings (SSSR count). The Morgan fingerprint density at radius 1 is 1.30 bits per heavy atom. The Labute approximate surface area is 145 Å². The van der Waals surface area contributed by atoms with Crippen molar-refractivity contribution in [1.29, 1.82) is 0 Å². The summed E-state index contributed by atoms with van der Waals surface area (Å²) in [5.74, 6) is 0.245. The van der Waals surface area contributed by atoms with E-state index in [1.165, 1.54) is 0 Å². The zero-order chi connectivity index (χ0) is 15.8. The number of halogens is 1. The summed E-state index contributed by atoms with van der Waals surface area (Å²) in [4.78, 5) is 26.2. The first-order valence-corrected chi connectivity index (χ1v) is 8.50. The highest BCUT2D eigenvalue weighted by Crippen LogP contribution is 2.22. The van der Waals surface area contributed by atoms with Crippen molar-refractivity contribution >= 4 is 24.2 Å². The molecule has 6 nitrogen and oxygen atoms in total. The number of hydrogen-bond acceptors (Lipinski definition) is 4. The quantitative estimate of drug-likeness (QED) is 0.705. The van der Waals surface area contributed by atoms with Gasteiger partial charge < -0.3 is 20.3 Å². The second-order valence-corrected chi connectivity index (χ2v) is 6.25. The standard InChI is InChI=1S/C16H29N3O3.ClH/c1-22-16(7-10-17-11-8-16)15(21)18-9-5-13-19-12-4-2-3-6-14(19)20;/h17H,2-13H2,1H3,(H,18,21);1H. The Morgan fingerprint density at radius 3 is 2.74 bits per heavy atom. The van der Waals surface area contributed by atoms with E-state index in [1.54, 1.807) is 7.11 Å². The molecule has 0 radical (unpaired) electrons. The van der Waals surface area contributed by atoms with Crippen LogP contribution in [0.1, 0.15) is 44.9 Å². The molecular formula is C16H30ClN3O3. The number of ether oxygens (including phenoxy) is 1. The van der Waals surface area contributed by atoms with Gasteiger partial charge in [0.15, 0.2) is 0 Å². The van der Waals surface area contributed by atoms with Gasteiger partial charge in [0.1, 0.15) is 5.60 Å². The first-order valence-electron chi connectivity index (χ1n) is 8.50. The van der Waals surface area contributed by atoms with Crippen molar-refractivity contribution in [2.75, 3.05) is 39.8 Å². The van der Waals surface area contributed by atoms with Gasteiger partial charge in [-0.25, -0.2) is 0 Å². The molecule has 7 heteroatoms. The molecule has 0 spiro atoms. The minimum atomic E-state index is -0.677. The molecule has 0 aliphatic carbocycles. The average molecular weight is 348 g/mol. The van der Waals surface area contributed by atoms with Crippen molar-refractivity contribution in [1.82, 2.24) is 15.5 Å². The van der Waals surface area contributed by atoms with E-state index >= 15 is 0 Å². The van der Waals surface area contributed by atoms with E-state index < -0.39 is 5.60 Å². The van der Waals surface area contributed by atoms with E-state index in [0.717, 1.165) is 51.9 Å². The molecule has 2 aliphatic rings. The van der Waals surface area contributed by atoms with Crippen LogP contribution in [0.2, 0.25) is 0 Å². The van der Waals surface area contributed by atoms with Crippen LogP contribution in [-0.4, -0.2) is 62.1 Å². The van der Waals surface area contributed by atoms with Gasteiger partial charge in [0.05, 0.1) is 0 Å². The normalized spacial score (nSPS) is 21.3. The van der Waals surface area contributed by atoms with Crippen LogP contribution in [0, 0.1) is 0 Å². The Bertz CT molecular complexity index is 387. The van der Waals surface area contributed by atoms with Crippen LogP contribution in [0.25, 0.3) is 0 Å². The summed E-state index contributed by atoms with van der Waals surface area (Å²) in [6, 6.07) is 0. The number of carbonyl (C=O) groups excluding carboxylic acids is 2. The van der Waals surface area contributed by atoms with Gasteiger partial charge in [0, 0.05) is 33.2 Å². The van der Waals surface area contributed by atoms with Crippen molar-refractivity contribution in [3.8, 4) is 0 Å². The molecule has 2 saturated heterocycles. The molecule has 0 aromatic carbocycles. The third kappa shape index (κ3) is 5.62. The molecule has 0 atom stereocenters. The molecule has 0 unspecified atom stereocenters. The van der Waals surface area contributed by atoms with Gasteiger partial charge >= 0.3 is 0 Å². The molecule has 2 aliphatic heterocycles. The number of hydrogen-bond donors (Lipinski definition) is 2. The van der Waals surface area contributed by atoms with E-state index in [1.807, 2.05) is 4.90 Å². The van der Waals surface area contributed by atoms with Gasteiger partial charge in [-0.15, -0.1) is 12.4 Å². The molecule has 2 amide bonds. The number of nitrogens with zero attached hydrogens (tertiary/aromatic N) is 1. The highest BCUT2D eigenvalue weighted by molar-refractivity contribution is 5.85. The Kier molecular flexibility index (Phi) is 8.87. The predicted molar refractivity (Wildman–Crippen MR) is 91.8 cm³/mol. The van der Waals surface area contributed by atoms with Crippen LogP contribution in [-0.2, 0) is 14.3 Å². The van der Waals surface area contributed by atoms with Crippen molar-refractivity contribution in [2.45, 2.75) is 50.5 Å². The van der Waals surface area contributed by atoms with Gasteiger partial charge in [-0.1, -0.05) is 6.42 Å². The molecule has 2 N–H and O–H groups in total. The summed E-state index contributed by atoms with van der Waals surface area (Å²) < 4.78 is 5.50. The molecule has 2 fully saturated rings. The number of nitrogens with one attached hydrogen (secondary N) is 2. The fourth-order valence-corrected chi connectivity index (χ4v) is 3.26. The summed E-state index contributed by atoms with van der Waals surface area (Å²) in [5, 5.41) is 6.23. The van der Waals surface area contributed by atoms with Crippen LogP contribution in [0.15, 0.2) is 0 Å². The molecule has 23 heavy (non-hydrogen) atoms. The SMILES string of the molecule is COC1(C(=O)NCCCN2CCCCCC2=O)CCNCC1.Cl. The van der Waals surface area contributed by atoms with Crippen molar-refractivity contribution in [3.05, 3.63) is 0 Å². The number of rotatable bonds is 6. The molecule has 0 aromatic rings. The zero-order valence-electron chi connectivity index (χ0n) is 14.1. The average Bonchev–Trinajstić information content (AvgIpc) is 2.76. The lowest BCUT2D eigenvalue weighted by molar-refractivity contribution is -0.146. The molecule has 0 bridgehead atoms. The van der Waals surface area contributed by atoms with Crippen LogP contribution >= 0.6 is 12.4 Å². The van der Waals surface area contributed by atoms with Crippen LogP contribution in [0.4, 0.5) is 0 Å². The van der Waals surface area contributed by atoms with Crippen molar-refractivity contribution in [2.24, 2.45) is 0 Å². The van der Waals surface area contributed by atoms with E-state index in [4.69, 9.17) is 4.74 Å². The first kappa shape index (κ1) is 20.2. The first-order chi connectivity index (χ1) is 10.7. The number of piperidine rings is 1. The number of likely N-dealkylation sites (tertiary alicyclic amines) is 1. The summed E-state index contributed by atoms with van der Waals surface area (Å²) in [5.41, 5.74) is -0.677. The summed E-state index contributed by atoms with van der Waals surface area (Å²) in [7, 11) is 1.61. The molecule has 0 aromatic heterocycles. The second-order valence-electron chi connectivity index (χ2n) is 6.25. The maximum absolute atomic E-state index is 12.4. The lowest BCUT2D eigenvalue weighted by Gasteiger charge is -2.34. The molecule has 2 heterocycles. The van der Waals surface area contributed by atoms with Gasteiger partial charge in [-0.3, -0.25) is 9.59 Å². The number of amides is 2. The summed E-state index contributed by atoms with van der Waals surface area (Å²) in [6.45, 7) is 3.81. The van der Waals surface area contributed by atoms with Crippen LogP contribution < -0.4 is 10.6 Å². The highest BCUT2D eigenvalue weighted by Gasteiger charge is 2.39. The Hall–Kier alpha value is -0.850. The number of carbonyl (C=O) groups is 2. The second kappa shape index (κ2) is 10.1. The van der Waals surface area contributed by atoms with Gasteiger partial charge in [-0.05, 0) is 45.2 Å². The predicted octanol–water partition coefficient (Wildman–Crippen LogP) is 1.09. The largest absolute Gasteiger partial charge is 0.368 e. The van der Waals surface area contributed by atoms with Gasteiger partial charge in [-0.2, -0.15) is 0 Å². The fourth-order valence-electron chi connectivity index (χ4n) is 3.26. The Balaban J connectivity index is 0.00000264. The number of methoxy groups -OCH3 is 1. The minimum Gasteiger partial charge on any atom is -0.368 e. The lowest BCUT2D eigenvalue weighted by atomic mass is 9.91. The fraction of sp³-hybridized carbons (Fsp3) is 0.875. The minimum absolute atomic E-state index is 0. The van der Waals surface area contributed by atoms with E-state index in [2.05, 4.69) is 10.6 Å². The van der Waals surface area contributed by atoms with Gasteiger partial charge in [0.2, 0.25) is 5.91 Å². The van der Waals surface area contributed by atoms with Gasteiger partial charge in [0.25, 0.3) is 5.91 Å². The monoisotopic (exact) mass is 347 g/mol. The third-order valence-corrected chi connectivity index (χ3v) is 4.78. The summed E-state index contributed by atoms with van der Waals surface area (Å²) >= 11 is 0.